The summed E-state index contributed by atoms with van der Waals surface area (Å²) in [7, 11) is 0. The largest absolute Gasteiger partial charge is 0.396 e. The summed E-state index contributed by atoms with van der Waals surface area (Å²) in [6.45, 7) is 1.81. The first-order valence-corrected chi connectivity index (χ1v) is 9.11. The monoisotopic (exact) mass is 394 g/mol. The van der Waals surface area contributed by atoms with Crippen LogP contribution >= 0.6 is 0 Å². The number of hydrogen-bond donors (Lipinski definition) is 3. The first-order chi connectivity index (χ1) is 14.0. The molecule has 9 heteroatoms. The van der Waals surface area contributed by atoms with Gasteiger partial charge in [0, 0.05) is 24.6 Å². The normalized spacial score (nSPS) is 12.2. The number of aliphatic hydroxyl groups excluding tert-OH is 1. The summed E-state index contributed by atoms with van der Waals surface area (Å²) in [5.74, 6) is -0.0122. The molecular formula is C20H19FN6O2. The summed E-state index contributed by atoms with van der Waals surface area (Å²) in [4.78, 5) is 23.1. The van der Waals surface area contributed by atoms with Gasteiger partial charge in [-0.05, 0) is 49.2 Å². The quantitative estimate of drug-likeness (QED) is 0.463. The first-order valence-electron chi connectivity index (χ1n) is 9.11. The number of imidazole rings is 1. The lowest BCUT2D eigenvalue weighted by Crippen LogP contribution is -2.20. The number of pyridine rings is 2. The molecule has 0 saturated heterocycles. The van der Waals surface area contributed by atoms with Crippen molar-refractivity contribution in [2.75, 3.05) is 11.9 Å². The molecule has 0 aliphatic carbocycles. The molecular weight excluding hydrogens is 375 g/mol. The van der Waals surface area contributed by atoms with E-state index in [1.807, 2.05) is 12.1 Å². The van der Waals surface area contributed by atoms with Crippen LogP contribution in [0, 0.1) is 5.82 Å². The number of aromatic amines is 1. The molecule has 0 fully saturated rings. The van der Waals surface area contributed by atoms with Gasteiger partial charge >= 0.3 is 0 Å². The molecule has 0 bridgehead atoms. The fraction of sp³-hybridized carbons (Fsp3) is 0.200. The van der Waals surface area contributed by atoms with Crippen molar-refractivity contribution in [2.24, 2.45) is 0 Å². The Balaban J connectivity index is 1.67. The molecule has 0 aliphatic rings. The van der Waals surface area contributed by atoms with E-state index in [1.54, 1.807) is 36.0 Å². The molecule has 0 saturated carbocycles. The third kappa shape index (κ3) is 3.85. The van der Waals surface area contributed by atoms with Crippen LogP contribution in [0.2, 0.25) is 0 Å². The van der Waals surface area contributed by atoms with E-state index in [0.29, 0.717) is 29.3 Å². The van der Waals surface area contributed by atoms with Gasteiger partial charge < -0.3 is 15.4 Å². The highest BCUT2D eigenvalue weighted by Crippen LogP contribution is 2.21. The van der Waals surface area contributed by atoms with Crippen molar-refractivity contribution in [3.8, 4) is 11.4 Å². The van der Waals surface area contributed by atoms with E-state index >= 15 is 0 Å². The standard InChI is InChI=1S/C20H19FN6O2/c1-12(15-9-14(21)10-24-20(15)29)25-18-2-3-19-23-11-17(27(19)26-18)16-8-13(5-7-28)4-6-22-16/h2-4,6,8-12,28H,5,7H2,1H3,(H,24,29)(H,25,26)/t12-/m1/s1. The minimum Gasteiger partial charge on any atom is -0.396 e. The molecule has 8 nitrogen and oxygen atoms in total. The van der Waals surface area contributed by atoms with E-state index in [0.717, 1.165) is 11.8 Å². The van der Waals surface area contributed by atoms with Crippen LogP contribution in [0.4, 0.5) is 10.2 Å². The van der Waals surface area contributed by atoms with Crippen LogP contribution in [0.25, 0.3) is 17.0 Å². The number of aliphatic hydroxyl groups is 1. The second-order valence-corrected chi connectivity index (χ2v) is 6.62. The van der Waals surface area contributed by atoms with Gasteiger partial charge in [-0.3, -0.25) is 9.78 Å². The Bertz CT molecular complexity index is 1220. The van der Waals surface area contributed by atoms with E-state index in [-0.39, 0.29) is 17.7 Å². The van der Waals surface area contributed by atoms with Crippen LogP contribution in [-0.4, -0.2) is 36.3 Å². The Labute approximate surface area is 165 Å². The molecule has 4 rings (SSSR count). The first kappa shape index (κ1) is 18.8. The number of halogens is 1. The number of H-pyrrole nitrogens is 1. The van der Waals surface area contributed by atoms with Crippen molar-refractivity contribution in [2.45, 2.75) is 19.4 Å². The van der Waals surface area contributed by atoms with Crippen LogP contribution in [0.5, 0.6) is 0 Å². The molecule has 0 aromatic carbocycles. The van der Waals surface area contributed by atoms with Crippen molar-refractivity contribution in [3.05, 3.63) is 76.2 Å². The number of rotatable bonds is 6. The molecule has 1 atom stereocenters. The van der Waals surface area contributed by atoms with Crippen LogP contribution in [0.1, 0.15) is 24.1 Å². The lowest BCUT2D eigenvalue weighted by molar-refractivity contribution is 0.299. The number of nitrogens with zero attached hydrogens (tertiary/aromatic N) is 4. The van der Waals surface area contributed by atoms with Gasteiger partial charge in [-0.25, -0.2) is 13.9 Å². The topological polar surface area (TPSA) is 108 Å². The lowest BCUT2D eigenvalue weighted by Gasteiger charge is -2.14. The zero-order valence-electron chi connectivity index (χ0n) is 15.6. The average Bonchev–Trinajstić information content (AvgIpc) is 3.13. The minimum atomic E-state index is -0.512. The Morgan fingerprint density at radius 2 is 2.14 bits per heavy atom. The highest BCUT2D eigenvalue weighted by atomic mass is 19.1. The second kappa shape index (κ2) is 7.80. The zero-order valence-corrected chi connectivity index (χ0v) is 15.6. The molecule has 3 N–H and O–H groups in total. The van der Waals surface area contributed by atoms with Crippen LogP contribution in [-0.2, 0) is 6.42 Å². The van der Waals surface area contributed by atoms with Crippen LogP contribution in [0.3, 0.4) is 0 Å². The smallest absolute Gasteiger partial charge is 0.253 e. The van der Waals surface area contributed by atoms with Crippen molar-refractivity contribution < 1.29 is 9.50 Å². The predicted octanol–water partition coefficient (Wildman–Crippen LogP) is 2.33. The van der Waals surface area contributed by atoms with Crippen molar-refractivity contribution in [1.82, 2.24) is 24.6 Å². The van der Waals surface area contributed by atoms with Gasteiger partial charge in [-0.2, -0.15) is 0 Å². The van der Waals surface area contributed by atoms with E-state index in [2.05, 4.69) is 25.4 Å². The third-order valence-corrected chi connectivity index (χ3v) is 4.58. The van der Waals surface area contributed by atoms with Crippen molar-refractivity contribution >= 4 is 11.5 Å². The third-order valence-electron chi connectivity index (χ3n) is 4.58. The number of aromatic nitrogens is 5. The van der Waals surface area contributed by atoms with E-state index in [4.69, 9.17) is 5.11 Å². The summed E-state index contributed by atoms with van der Waals surface area (Å²) in [6.07, 6.45) is 4.92. The highest BCUT2D eigenvalue weighted by molar-refractivity contribution is 5.60. The number of nitrogens with one attached hydrogen (secondary N) is 2. The zero-order chi connectivity index (χ0) is 20.4. The SMILES string of the molecule is C[C@@H](Nc1ccc2ncc(-c3cc(CCO)ccn3)n2n1)c1cc(F)c[nH]c1=O. The lowest BCUT2D eigenvalue weighted by atomic mass is 10.1. The summed E-state index contributed by atoms with van der Waals surface area (Å²) in [5.41, 5.74) is 2.89. The summed E-state index contributed by atoms with van der Waals surface area (Å²) >= 11 is 0. The Morgan fingerprint density at radius 3 is 2.97 bits per heavy atom. The molecule has 0 spiro atoms. The molecule has 4 heterocycles. The molecule has 0 aliphatic heterocycles. The van der Waals surface area contributed by atoms with Gasteiger partial charge in [-0.15, -0.1) is 5.10 Å². The number of anilines is 1. The highest BCUT2D eigenvalue weighted by Gasteiger charge is 2.14. The molecule has 0 amide bonds. The molecule has 148 valence electrons. The van der Waals surface area contributed by atoms with Gasteiger partial charge in [-0.1, -0.05) is 0 Å². The number of hydrogen-bond acceptors (Lipinski definition) is 6. The number of fused-ring (bicyclic) bond motifs is 1. The fourth-order valence-electron chi connectivity index (χ4n) is 3.12. The van der Waals surface area contributed by atoms with Gasteiger partial charge in [0.25, 0.3) is 5.56 Å². The van der Waals surface area contributed by atoms with Crippen molar-refractivity contribution in [3.63, 3.8) is 0 Å². The summed E-state index contributed by atoms with van der Waals surface area (Å²) in [6, 6.07) is 8.01. The Kier molecular flexibility index (Phi) is 5.05. The van der Waals surface area contributed by atoms with Gasteiger partial charge in [0.05, 0.1) is 17.9 Å². The summed E-state index contributed by atoms with van der Waals surface area (Å²) in [5, 5.41) is 16.8. The predicted molar refractivity (Wildman–Crippen MR) is 106 cm³/mol. The molecule has 0 unspecified atom stereocenters. The molecule has 4 aromatic heterocycles. The Morgan fingerprint density at radius 1 is 1.28 bits per heavy atom. The Hall–Kier alpha value is -3.59. The second-order valence-electron chi connectivity index (χ2n) is 6.62. The van der Waals surface area contributed by atoms with Gasteiger partial charge in [0.15, 0.2) is 5.65 Å². The maximum atomic E-state index is 13.5. The summed E-state index contributed by atoms with van der Waals surface area (Å²) < 4.78 is 15.1. The van der Waals surface area contributed by atoms with Crippen molar-refractivity contribution in [1.29, 1.82) is 0 Å². The van der Waals surface area contributed by atoms with E-state index in [1.165, 1.54) is 6.07 Å². The fourth-order valence-corrected chi connectivity index (χ4v) is 3.12. The maximum absolute atomic E-state index is 13.5. The molecule has 29 heavy (non-hydrogen) atoms. The van der Waals surface area contributed by atoms with Gasteiger partial charge in [0.2, 0.25) is 0 Å². The molecule has 0 radical (unpaired) electrons. The molecule has 4 aromatic rings. The minimum absolute atomic E-state index is 0.0556. The van der Waals surface area contributed by atoms with E-state index < -0.39 is 11.9 Å². The van der Waals surface area contributed by atoms with E-state index in [9.17, 15) is 9.18 Å². The van der Waals surface area contributed by atoms with Gasteiger partial charge in [0.1, 0.15) is 17.3 Å². The van der Waals surface area contributed by atoms with Crippen LogP contribution in [0.15, 0.2) is 53.7 Å². The maximum Gasteiger partial charge on any atom is 0.253 e. The van der Waals surface area contributed by atoms with Crippen LogP contribution < -0.4 is 10.9 Å². The average molecular weight is 394 g/mol.